The van der Waals surface area contributed by atoms with Crippen LogP contribution in [-0.4, -0.2) is 27.1 Å². The Balaban J connectivity index is 1.94. The molecule has 0 aliphatic heterocycles. The predicted molar refractivity (Wildman–Crippen MR) is 121 cm³/mol. The van der Waals surface area contributed by atoms with Gasteiger partial charge in [-0.2, -0.15) is 0 Å². The van der Waals surface area contributed by atoms with Crippen LogP contribution >= 0.6 is 0 Å². The van der Waals surface area contributed by atoms with Gasteiger partial charge in [-0.25, -0.2) is 8.42 Å². The van der Waals surface area contributed by atoms with E-state index in [2.05, 4.69) is 12.2 Å². The molecule has 0 aliphatic carbocycles. The predicted octanol–water partition coefficient (Wildman–Crippen LogP) is 4.83. The number of aryl methyl sites for hydroxylation is 3. The second-order valence-corrected chi connectivity index (χ2v) is 9.48. The van der Waals surface area contributed by atoms with Crippen LogP contribution in [-0.2, 0) is 21.2 Å². The number of nitrogens with zero attached hydrogens (tertiary/aromatic N) is 1. The van der Waals surface area contributed by atoms with Gasteiger partial charge in [0.05, 0.1) is 11.9 Å². The largest absolute Gasteiger partial charge is 0.326 e. The van der Waals surface area contributed by atoms with Gasteiger partial charge in [0.1, 0.15) is 0 Å². The van der Waals surface area contributed by atoms with Crippen molar-refractivity contribution in [1.29, 1.82) is 0 Å². The Bertz CT molecular complexity index is 922. The normalized spacial score (nSPS) is 11.3. The molecule has 0 saturated heterocycles. The zero-order valence-electron chi connectivity index (χ0n) is 17.9. The minimum atomic E-state index is -3.42. The first-order chi connectivity index (χ1) is 13.7. The molecular weight excluding hydrogens is 384 g/mol. The maximum Gasteiger partial charge on any atom is 0.232 e. The molecule has 1 N–H and O–H groups in total. The van der Waals surface area contributed by atoms with E-state index in [0.29, 0.717) is 12.1 Å². The van der Waals surface area contributed by atoms with Crippen molar-refractivity contribution in [3.63, 3.8) is 0 Å². The van der Waals surface area contributed by atoms with Crippen LogP contribution in [0, 0.1) is 13.8 Å². The lowest BCUT2D eigenvalue weighted by atomic mass is 10.1. The number of rotatable bonds is 10. The minimum absolute atomic E-state index is 0.110. The van der Waals surface area contributed by atoms with Crippen molar-refractivity contribution in [2.75, 3.05) is 22.4 Å². The van der Waals surface area contributed by atoms with Crippen molar-refractivity contribution in [3.05, 3.63) is 59.2 Å². The van der Waals surface area contributed by atoms with Gasteiger partial charge in [-0.1, -0.05) is 37.6 Å². The van der Waals surface area contributed by atoms with E-state index in [4.69, 9.17) is 0 Å². The molecular formula is C23H32N2O3S. The lowest BCUT2D eigenvalue weighted by molar-refractivity contribution is -0.116. The van der Waals surface area contributed by atoms with E-state index < -0.39 is 10.0 Å². The molecule has 0 spiro atoms. The Morgan fingerprint density at radius 2 is 1.72 bits per heavy atom. The number of hydrogen-bond acceptors (Lipinski definition) is 3. The third-order valence-corrected chi connectivity index (χ3v) is 6.04. The number of anilines is 2. The second kappa shape index (κ2) is 10.4. The smallest absolute Gasteiger partial charge is 0.232 e. The van der Waals surface area contributed by atoms with E-state index in [-0.39, 0.29) is 18.9 Å². The maximum absolute atomic E-state index is 12.3. The molecule has 0 bridgehead atoms. The molecule has 2 rings (SSSR count). The molecule has 2 aromatic carbocycles. The average molecular weight is 417 g/mol. The lowest BCUT2D eigenvalue weighted by Gasteiger charge is -2.24. The minimum Gasteiger partial charge on any atom is -0.326 e. The van der Waals surface area contributed by atoms with Crippen molar-refractivity contribution in [3.8, 4) is 0 Å². The fraction of sp³-hybridized carbons (Fsp3) is 0.435. The number of nitrogens with one attached hydrogen (secondary N) is 1. The standard InChI is InChI=1S/C23H32N2O3S/c1-5-6-8-20-12-14-21(15-13-20)24-23(26)9-7-16-25(29(4,27)28)22-17-18(2)10-11-19(22)3/h10-15,17H,5-9,16H2,1-4H3,(H,24,26). The first kappa shape index (κ1) is 22.9. The number of hydrogen-bond donors (Lipinski definition) is 1. The van der Waals surface area contributed by atoms with Gasteiger partial charge in [0.2, 0.25) is 15.9 Å². The number of amides is 1. The number of carbonyl (C=O) groups is 1. The topological polar surface area (TPSA) is 66.5 Å². The fourth-order valence-electron chi connectivity index (χ4n) is 3.20. The van der Waals surface area contributed by atoms with Gasteiger partial charge >= 0.3 is 0 Å². The summed E-state index contributed by atoms with van der Waals surface area (Å²) in [5, 5.41) is 2.89. The molecule has 0 unspecified atom stereocenters. The van der Waals surface area contributed by atoms with E-state index in [1.165, 1.54) is 16.1 Å². The molecule has 0 radical (unpaired) electrons. The van der Waals surface area contributed by atoms with Crippen LogP contribution in [0.15, 0.2) is 42.5 Å². The molecule has 0 aliphatic rings. The first-order valence-corrected chi connectivity index (χ1v) is 12.0. The van der Waals surface area contributed by atoms with Gasteiger partial charge in [0.15, 0.2) is 0 Å². The molecule has 2 aromatic rings. The van der Waals surface area contributed by atoms with E-state index in [1.54, 1.807) is 0 Å². The summed E-state index contributed by atoms with van der Waals surface area (Å²) in [6.07, 6.45) is 5.27. The highest BCUT2D eigenvalue weighted by atomic mass is 32.2. The maximum atomic E-state index is 12.3. The van der Waals surface area contributed by atoms with Crippen molar-refractivity contribution in [2.24, 2.45) is 0 Å². The molecule has 1 amide bonds. The van der Waals surface area contributed by atoms with Crippen molar-refractivity contribution in [1.82, 2.24) is 0 Å². The summed E-state index contributed by atoms with van der Waals surface area (Å²) in [6, 6.07) is 13.7. The Morgan fingerprint density at radius 3 is 2.34 bits per heavy atom. The third-order valence-electron chi connectivity index (χ3n) is 4.86. The summed E-state index contributed by atoms with van der Waals surface area (Å²) < 4.78 is 26.0. The quantitative estimate of drug-likeness (QED) is 0.603. The summed E-state index contributed by atoms with van der Waals surface area (Å²) in [4.78, 5) is 12.3. The van der Waals surface area contributed by atoms with Crippen LogP contribution in [0.4, 0.5) is 11.4 Å². The Labute approximate surface area is 175 Å². The molecule has 0 heterocycles. The number of unbranched alkanes of at least 4 members (excludes halogenated alkanes) is 1. The molecule has 0 fully saturated rings. The van der Waals surface area contributed by atoms with Crippen LogP contribution in [0.25, 0.3) is 0 Å². The Morgan fingerprint density at radius 1 is 1.03 bits per heavy atom. The summed E-state index contributed by atoms with van der Waals surface area (Å²) in [7, 11) is -3.42. The highest BCUT2D eigenvalue weighted by molar-refractivity contribution is 7.92. The molecule has 0 saturated carbocycles. The van der Waals surface area contributed by atoms with Gasteiger partial charge in [-0.05, 0) is 68.0 Å². The SMILES string of the molecule is CCCCc1ccc(NC(=O)CCCN(c2cc(C)ccc2C)S(C)(=O)=O)cc1. The lowest BCUT2D eigenvalue weighted by Crippen LogP contribution is -2.32. The molecule has 29 heavy (non-hydrogen) atoms. The van der Waals surface area contributed by atoms with Crippen LogP contribution in [0.1, 0.15) is 49.3 Å². The monoisotopic (exact) mass is 416 g/mol. The number of carbonyl (C=O) groups excluding carboxylic acids is 1. The number of benzene rings is 2. The molecule has 158 valence electrons. The summed E-state index contributed by atoms with van der Waals surface area (Å²) in [5.74, 6) is -0.110. The fourth-order valence-corrected chi connectivity index (χ4v) is 4.21. The molecule has 6 heteroatoms. The third kappa shape index (κ3) is 7.20. The average Bonchev–Trinajstić information content (AvgIpc) is 2.66. The van der Waals surface area contributed by atoms with E-state index in [1.807, 2.05) is 56.3 Å². The van der Waals surface area contributed by atoms with Crippen LogP contribution in [0.2, 0.25) is 0 Å². The molecule has 0 aromatic heterocycles. The second-order valence-electron chi connectivity index (χ2n) is 7.58. The zero-order valence-corrected chi connectivity index (χ0v) is 18.7. The first-order valence-electron chi connectivity index (χ1n) is 10.1. The van der Waals surface area contributed by atoms with Crippen molar-refractivity contribution < 1.29 is 13.2 Å². The zero-order chi connectivity index (χ0) is 21.4. The highest BCUT2D eigenvalue weighted by Crippen LogP contribution is 2.24. The summed E-state index contributed by atoms with van der Waals surface area (Å²) in [5.41, 5.74) is 4.61. The van der Waals surface area contributed by atoms with Crippen LogP contribution in [0.3, 0.4) is 0 Å². The van der Waals surface area contributed by atoms with E-state index >= 15 is 0 Å². The van der Waals surface area contributed by atoms with Crippen molar-refractivity contribution >= 4 is 27.3 Å². The van der Waals surface area contributed by atoms with Gasteiger partial charge in [0.25, 0.3) is 0 Å². The highest BCUT2D eigenvalue weighted by Gasteiger charge is 2.19. The Kier molecular flexibility index (Phi) is 8.26. The van der Waals surface area contributed by atoms with Gasteiger partial charge in [-0.3, -0.25) is 9.10 Å². The van der Waals surface area contributed by atoms with Crippen LogP contribution < -0.4 is 9.62 Å². The van der Waals surface area contributed by atoms with Gasteiger partial charge < -0.3 is 5.32 Å². The van der Waals surface area contributed by atoms with Crippen LogP contribution in [0.5, 0.6) is 0 Å². The Hall–Kier alpha value is -2.34. The molecule has 5 nitrogen and oxygen atoms in total. The van der Waals surface area contributed by atoms with E-state index in [0.717, 1.165) is 36.1 Å². The number of sulfonamides is 1. The van der Waals surface area contributed by atoms with Gasteiger partial charge in [0, 0.05) is 18.7 Å². The molecule has 0 atom stereocenters. The van der Waals surface area contributed by atoms with E-state index in [9.17, 15) is 13.2 Å². The van der Waals surface area contributed by atoms with Crippen molar-refractivity contribution in [2.45, 2.75) is 52.9 Å². The summed E-state index contributed by atoms with van der Waals surface area (Å²) >= 11 is 0. The summed E-state index contributed by atoms with van der Waals surface area (Å²) in [6.45, 7) is 6.26. The van der Waals surface area contributed by atoms with Gasteiger partial charge in [-0.15, -0.1) is 0 Å².